The summed E-state index contributed by atoms with van der Waals surface area (Å²) in [6.07, 6.45) is 1.84. The smallest absolute Gasteiger partial charge is 0.171 e. The van der Waals surface area contributed by atoms with Crippen molar-refractivity contribution in [1.29, 1.82) is 0 Å². The SMILES string of the molecule is O=P(c1ccccc1)(c1ccccc1)c1ccc(-c2c3ccccc3c(-c3cccc(-c4cccc5cccnc45)n3)c3ccccc23)cc1. The van der Waals surface area contributed by atoms with Crippen LogP contribution in [0.4, 0.5) is 0 Å². The van der Waals surface area contributed by atoms with Gasteiger partial charge in [-0.3, -0.25) is 4.98 Å². The summed E-state index contributed by atoms with van der Waals surface area (Å²) in [6, 6.07) is 61.8. The Labute approximate surface area is 290 Å². The van der Waals surface area contributed by atoms with Crippen LogP contribution in [0, 0.1) is 0 Å². The summed E-state index contributed by atoms with van der Waals surface area (Å²) in [6.45, 7) is 0. The molecule has 50 heavy (non-hydrogen) atoms. The Kier molecular flexibility index (Phi) is 7.42. The molecule has 0 saturated carbocycles. The van der Waals surface area contributed by atoms with Crippen LogP contribution in [-0.4, -0.2) is 9.97 Å². The van der Waals surface area contributed by atoms with Crippen molar-refractivity contribution >= 4 is 55.5 Å². The fraction of sp³-hybridized carbons (Fsp3) is 0. The Bertz CT molecular complexity index is 2620. The lowest BCUT2D eigenvalue weighted by atomic mass is 9.87. The first-order valence-corrected chi connectivity index (χ1v) is 18.5. The molecule has 0 aliphatic rings. The average molecular weight is 659 g/mol. The van der Waals surface area contributed by atoms with Crippen molar-refractivity contribution in [3.05, 3.63) is 188 Å². The molecule has 0 spiro atoms. The maximum atomic E-state index is 15.1. The molecule has 4 heteroatoms. The van der Waals surface area contributed by atoms with Crippen LogP contribution in [0.25, 0.3) is 66.1 Å². The van der Waals surface area contributed by atoms with Crippen LogP contribution in [-0.2, 0) is 4.57 Å². The molecule has 2 aromatic heterocycles. The van der Waals surface area contributed by atoms with Crippen LogP contribution in [0.3, 0.4) is 0 Å². The first kappa shape index (κ1) is 29.9. The molecule has 236 valence electrons. The van der Waals surface area contributed by atoms with E-state index in [0.29, 0.717) is 0 Å². The van der Waals surface area contributed by atoms with Crippen molar-refractivity contribution in [3.63, 3.8) is 0 Å². The van der Waals surface area contributed by atoms with E-state index in [0.717, 1.165) is 82.0 Å². The first-order valence-electron chi connectivity index (χ1n) is 16.8. The van der Waals surface area contributed by atoms with Gasteiger partial charge in [-0.15, -0.1) is 0 Å². The minimum absolute atomic E-state index is 0.813. The second-order valence-corrected chi connectivity index (χ2v) is 15.2. The fourth-order valence-corrected chi connectivity index (χ4v) is 9.96. The van der Waals surface area contributed by atoms with E-state index < -0.39 is 7.14 Å². The highest BCUT2D eigenvalue weighted by Crippen LogP contribution is 2.45. The molecule has 3 nitrogen and oxygen atoms in total. The highest BCUT2D eigenvalue weighted by molar-refractivity contribution is 7.85. The van der Waals surface area contributed by atoms with Gasteiger partial charge in [0.05, 0.1) is 16.9 Å². The van der Waals surface area contributed by atoms with Crippen molar-refractivity contribution in [2.45, 2.75) is 0 Å². The predicted molar refractivity (Wildman–Crippen MR) is 210 cm³/mol. The second-order valence-electron chi connectivity index (χ2n) is 12.5. The zero-order valence-corrected chi connectivity index (χ0v) is 28.0. The van der Waals surface area contributed by atoms with Gasteiger partial charge < -0.3 is 4.57 Å². The maximum absolute atomic E-state index is 15.1. The van der Waals surface area contributed by atoms with E-state index in [2.05, 4.69) is 115 Å². The van der Waals surface area contributed by atoms with Gasteiger partial charge in [-0.05, 0) is 50.9 Å². The van der Waals surface area contributed by atoms with Crippen LogP contribution in [0.1, 0.15) is 0 Å². The highest BCUT2D eigenvalue weighted by Gasteiger charge is 2.29. The summed E-state index contributed by atoms with van der Waals surface area (Å²) < 4.78 is 15.1. The number of fused-ring (bicyclic) bond motifs is 3. The third-order valence-electron chi connectivity index (χ3n) is 9.60. The van der Waals surface area contributed by atoms with Crippen molar-refractivity contribution in [2.24, 2.45) is 0 Å². The summed E-state index contributed by atoms with van der Waals surface area (Å²) in [5.74, 6) is 0. The van der Waals surface area contributed by atoms with Crippen LogP contribution in [0.5, 0.6) is 0 Å². The lowest BCUT2D eigenvalue weighted by Crippen LogP contribution is -2.24. The molecule has 2 heterocycles. The number of rotatable bonds is 6. The summed E-state index contributed by atoms with van der Waals surface area (Å²) >= 11 is 0. The van der Waals surface area contributed by atoms with Crippen LogP contribution >= 0.6 is 7.14 Å². The Morgan fingerprint density at radius 2 is 0.900 bits per heavy atom. The second kappa shape index (κ2) is 12.4. The minimum atomic E-state index is -3.09. The quantitative estimate of drug-likeness (QED) is 0.132. The topological polar surface area (TPSA) is 42.9 Å². The Morgan fingerprint density at radius 3 is 1.52 bits per heavy atom. The van der Waals surface area contributed by atoms with Gasteiger partial charge >= 0.3 is 0 Å². The average Bonchev–Trinajstić information content (AvgIpc) is 3.20. The number of hydrogen-bond donors (Lipinski definition) is 0. The lowest BCUT2D eigenvalue weighted by Gasteiger charge is -2.21. The van der Waals surface area contributed by atoms with E-state index in [9.17, 15) is 0 Å². The summed E-state index contributed by atoms with van der Waals surface area (Å²) in [7, 11) is -3.09. The third kappa shape index (κ3) is 4.94. The van der Waals surface area contributed by atoms with Crippen LogP contribution < -0.4 is 15.9 Å². The van der Waals surface area contributed by atoms with E-state index in [1.807, 2.05) is 72.9 Å². The molecule has 0 aliphatic heterocycles. The first-order chi connectivity index (χ1) is 24.7. The fourth-order valence-electron chi connectivity index (χ4n) is 7.31. The van der Waals surface area contributed by atoms with Crippen molar-refractivity contribution < 1.29 is 4.57 Å². The summed E-state index contributed by atoms with van der Waals surface area (Å²) in [5, 5.41) is 8.10. The van der Waals surface area contributed by atoms with Crippen LogP contribution in [0.2, 0.25) is 0 Å². The molecule has 0 fully saturated rings. The maximum Gasteiger partial charge on any atom is 0.171 e. The van der Waals surface area contributed by atoms with E-state index >= 15 is 4.57 Å². The van der Waals surface area contributed by atoms with Crippen molar-refractivity contribution in [3.8, 4) is 33.6 Å². The van der Waals surface area contributed by atoms with Crippen LogP contribution in [0.15, 0.2) is 188 Å². The molecule has 0 atom stereocenters. The van der Waals surface area contributed by atoms with Crippen molar-refractivity contribution in [2.75, 3.05) is 0 Å². The lowest BCUT2D eigenvalue weighted by molar-refractivity contribution is 0.592. The Balaban J connectivity index is 1.23. The molecule has 0 radical (unpaired) electrons. The number of aromatic nitrogens is 2. The molecule has 7 aromatic carbocycles. The zero-order chi connectivity index (χ0) is 33.5. The number of pyridine rings is 2. The molecule has 9 rings (SSSR count). The van der Waals surface area contributed by atoms with Gasteiger partial charge in [0.25, 0.3) is 0 Å². The predicted octanol–water partition coefficient (Wildman–Crippen LogP) is 10.6. The third-order valence-corrected chi connectivity index (χ3v) is 12.7. The van der Waals surface area contributed by atoms with E-state index in [-0.39, 0.29) is 0 Å². The minimum Gasteiger partial charge on any atom is -0.309 e. The Hall–Kier alpha value is -6.15. The molecule has 0 aliphatic carbocycles. The standard InChI is InChI=1S/C46H31N2OP/c49-50(34-16-3-1-4-17-34,35-18-5-2-6-19-35)36-29-27-32(28-30-36)44-37-20-7-9-22-39(37)45(40-23-10-8-21-38(40)44)43-26-12-25-42(48-43)41-24-11-14-33-15-13-31-47-46(33)41/h1-31H. The van der Waals surface area contributed by atoms with Gasteiger partial charge in [-0.1, -0.05) is 164 Å². The monoisotopic (exact) mass is 658 g/mol. The molecule has 0 bridgehead atoms. The number of para-hydroxylation sites is 1. The number of nitrogens with zero attached hydrogens (tertiary/aromatic N) is 2. The van der Waals surface area contributed by atoms with Crippen molar-refractivity contribution in [1.82, 2.24) is 9.97 Å². The van der Waals surface area contributed by atoms with Gasteiger partial charge in [0.15, 0.2) is 7.14 Å². The van der Waals surface area contributed by atoms with Gasteiger partial charge in [-0.25, -0.2) is 4.98 Å². The highest BCUT2D eigenvalue weighted by atomic mass is 31.2. The number of benzene rings is 7. The van der Waals surface area contributed by atoms with E-state index in [4.69, 9.17) is 9.97 Å². The van der Waals surface area contributed by atoms with Gasteiger partial charge in [-0.2, -0.15) is 0 Å². The van der Waals surface area contributed by atoms with Gasteiger partial charge in [0.2, 0.25) is 0 Å². The molecular weight excluding hydrogens is 627 g/mol. The molecule has 0 amide bonds. The molecular formula is C46H31N2OP. The van der Waals surface area contributed by atoms with E-state index in [1.54, 1.807) is 0 Å². The Morgan fingerprint density at radius 1 is 0.400 bits per heavy atom. The normalized spacial score (nSPS) is 11.7. The number of hydrogen-bond acceptors (Lipinski definition) is 3. The molecule has 0 unspecified atom stereocenters. The van der Waals surface area contributed by atoms with Gasteiger partial charge in [0, 0.05) is 38.6 Å². The molecule has 9 aromatic rings. The molecule has 0 saturated heterocycles. The summed E-state index contributed by atoms with van der Waals surface area (Å²) in [5.41, 5.74) is 7.08. The van der Waals surface area contributed by atoms with E-state index in [1.165, 1.54) is 0 Å². The largest absolute Gasteiger partial charge is 0.309 e. The zero-order valence-electron chi connectivity index (χ0n) is 27.1. The summed E-state index contributed by atoms with van der Waals surface area (Å²) in [4.78, 5) is 9.99. The molecule has 0 N–H and O–H groups in total. The van der Waals surface area contributed by atoms with Gasteiger partial charge in [0.1, 0.15) is 0 Å².